The van der Waals surface area contributed by atoms with Crippen molar-refractivity contribution in [1.29, 1.82) is 0 Å². The van der Waals surface area contributed by atoms with Gasteiger partial charge in [0.1, 0.15) is 0 Å². The lowest BCUT2D eigenvalue weighted by atomic mass is 10.0. The van der Waals surface area contributed by atoms with Gasteiger partial charge in [0.05, 0.1) is 0 Å². The van der Waals surface area contributed by atoms with Crippen LogP contribution in [0.3, 0.4) is 0 Å². The number of carbonyl (C=O) groups is 1. The third-order valence-corrected chi connectivity index (χ3v) is 3.47. The summed E-state index contributed by atoms with van der Waals surface area (Å²) in [7, 11) is 1.94. The number of amides is 1. The zero-order valence-electron chi connectivity index (χ0n) is 11.1. The molecule has 0 spiro atoms. The first-order valence-corrected chi connectivity index (χ1v) is 6.60. The van der Waals surface area contributed by atoms with Crippen LogP contribution in [0.5, 0.6) is 0 Å². The minimum Gasteiger partial charge on any atom is -0.334 e. The molecule has 1 N–H and O–H groups in total. The summed E-state index contributed by atoms with van der Waals surface area (Å²) in [6.07, 6.45) is 5.12. The van der Waals surface area contributed by atoms with E-state index in [1.54, 1.807) is 12.3 Å². The van der Waals surface area contributed by atoms with Gasteiger partial charge >= 0.3 is 0 Å². The molecule has 1 aromatic rings. The number of pyridine rings is 1. The maximum absolute atomic E-state index is 12.5. The number of aryl methyl sites for hydroxylation is 1. The van der Waals surface area contributed by atoms with E-state index in [9.17, 15) is 4.79 Å². The fraction of sp³-hybridized carbons (Fsp3) is 0.571. The van der Waals surface area contributed by atoms with Gasteiger partial charge in [0, 0.05) is 36.6 Å². The van der Waals surface area contributed by atoms with Crippen LogP contribution in [0.15, 0.2) is 18.3 Å². The number of nitrogens with zero attached hydrogens (tertiary/aromatic N) is 2. The van der Waals surface area contributed by atoms with Crippen LogP contribution in [0.25, 0.3) is 0 Å². The number of nitrogens with one attached hydrogen (secondary N) is 1. The summed E-state index contributed by atoms with van der Waals surface area (Å²) in [5, 5.41) is 3.18. The summed E-state index contributed by atoms with van der Waals surface area (Å²) >= 11 is 0. The Bertz CT molecular complexity index is 417. The van der Waals surface area contributed by atoms with Gasteiger partial charge in [-0.05, 0) is 45.4 Å². The van der Waals surface area contributed by atoms with Gasteiger partial charge in [-0.1, -0.05) is 0 Å². The molecular weight excluding hydrogens is 226 g/mol. The largest absolute Gasteiger partial charge is 0.334 e. The van der Waals surface area contributed by atoms with E-state index in [-0.39, 0.29) is 5.91 Å². The van der Waals surface area contributed by atoms with Gasteiger partial charge in [-0.25, -0.2) is 0 Å². The smallest absolute Gasteiger partial charge is 0.254 e. The molecule has 1 aliphatic heterocycles. The van der Waals surface area contributed by atoms with Crippen molar-refractivity contribution in [2.45, 2.75) is 32.2 Å². The third-order valence-electron chi connectivity index (χ3n) is 3.47. The lowest BCUT2D eigenvalue weighted by molar-refractivity contribution is 0.0615. The molecule has 4 nitrogen and oxygen atoms in total. The van der Waals surface area contributed by atoms with Crippen molar-refractivity contribution >= 4 is 5.91 Å². The quantitative estimate of drug-likeness (QED) is 0.882. The molecule has 0 saturated carbocycles. The molecule has 1 aliphatic rings. The van der Waals surface area contributed by atoms with Gasteiger partial charge in [-0.2, -0.15) is 0 Å². The predicted molar refractivity (Wildman–Crippen MR) is 71.6 cm³/mol. The number of rotatable bonds is 3. The summed E-state index contributed by atoms with van der Waals surface area (Å²) in [5.41, 5.74) is 1.65. The first-order chi connectivity index (χ1) is 8.72. The van der Waals surface area contributed by atoms with Crippen LogP contribution in [0, 0.1) is 6.92 Å². The van der Waals surface area contributed by atoms with Crippen molar-refractivity contribution in [2.24, 2.45) is 0 Å². The molecule has 1 atom stereocenters. The van der Waals surface area contributed by atoms with Crippen LogP contribution in [0.2, 0.25) is 0 Å². The Balaban J connectivity index is 2.15. The Labute approximate surface area is 108 Å². The standard InChI is InChI=1S/C14H21N3O/c1-11-9-12(6-7-16-11)14(18)17-8-4-3-5-13(17)10-15-2/h6-7,9,13,15H,3-5,8,10H2,1-2H3. The monoisotopic (exact) mass is 247 g/mol. The maximum atomic E-state index is 12.5. The fourth-order valence-electron chi connectivity index (χ4n) is 2.56. The Hall–Kier alpha value is -1.42. The third kappa shape index (κ3) is 2.88. The molecule has 1 unspecified atom stereocenters. The molecule has 18 heavy (non-hydrogen) atoms. The summed E-state index contributed by atoms with van der Waals surface area (Å²) in [6.45, 7) is 3.65. The number of hydrogen-bond acceptors (Lipinski definition) is 3. The second-order valence-electron chi connectivity index (χ2n) is 4.89. The lowest BCUT2D eigenvalue weighted by Gasteiger charge is -2.35. The van der Waals surface area contributed by atoms with Crippen LogP contribution in [0.1, 0.15) is 35.3 Å². The fourth-order valence-corrected chi connectivity index (χ4v) is 2.56. The Morgan fingerprint density at radius 3 is 3.11 bits per heavy atom. The molecular formula is C14H21N3O. The van der Waals surface area contributed by atoms with Crippen molar-refractivity contribution < 1.29 is 4.79 Å². The number of likely N-dealkylation sites (tertiary alicyclic amines) is 1. The van der Waals surface area contributed by atoms with Crippen molar-refractivity contribution in [3.63, 3.8) is 0 Å². The second kappa shape index (κ2) is 5.96. The van der Waals surface area contributed by atoms with Crippen molar-refractivity contribution in [3.05, 3.63) is 29.6 Å². The number of likely N-dealkylation sites (N-methyl/N-ethyl adjacent to an activating group) is 1. The van der Waals surface area contributed by atoms with Crippen LogP contribution >= 0.6 is 0 Å². The SMILES string of the molecule is CNCC1CCCCN1C(=O)c1ccnc(C)c1. The molecule has 2 heterocycles. The summed E-state index contributed by atoms with van der Waals surface area (Å²) < 4.78 is 0. The topological polar surface area (TPSA) is 45.2 Å². The van der Waals surface area contributed by atoms with E-state index in [2.05, 4.69) is 10.3 Å². The van der Waals surface area contributed by atoms with E-state index >= 15 is 0 Å². The molecule has 98 valence electrons. The van der Waals surface area contributed by atoms with Crippen molar-refractivity contribution in [2.75, 3.05) is 20.1 Å². The molecule has 0 radical (unpaired) electrons. The van der Waals surface area contributed by atoms with Crippen LogP contribution < -0.4 is 5.32 Å². The van der Waals surface area contributed by atoms with Gasteiger partial charge in [0.25, 0.3) is 5.91 Å². The second-order valence-corrected chi connectivity index (χ2v) is 4.89. The van der Waals surface area contributed by atoms with Gasteiger partial charge in [0.2, 0.25) is 0 Å². The zero-order chi connectivity index (χ0) is 13.0. The summed E-state index contributed by atoms with van der Waals surface area (Å²) in [6, 6.07) is 4.00. The first kappa shape index (κ1) is 13.0. The minimum absolute atomic E-state index is 0.139. The molecule has 0 bridgehead atoms. The number of piperidine rings is 1. The van der Waals surface area contributed by atoms with Gasteiger partial charge in [-0.3, -0.25) is 9.78 Å². The summed E-state index contributed by atoms with van der Waals surface area (Å²) in [4.78, 5) is 18.7. The average molecular weight is 247 g/mol. The van der Waals surface area contributed by atoms with E-state index in [4.69, 9.17) is 0 Å². The number of aromatic nitrogens is 1. The van der Waals surface area contributed by atoms with Gasteiger partial charge in [0.15, 0.2) is 0 Å². The molecule has 2 rings (SSSR count). The van der Waals surface area contributed by atoms with E-state index in [1.165, 1.54) is 6.42 Å². The maximum Gasteiger partial charge on any atom is 0.254 e. The molecule has 1 saturated heterocycles. The van der Waals surface area contributed by atoms with Crippen LogP contribution in [-0.4, -0.2) is 42.0 Å². The summed E-state index contributed by atoms with van der Waals surface area (Å²) in [5.74, 6) is 0.139. The predicted octanol–water partition coefficient (Wildman–Crippen LogP) is 1.60. The van der Waals surface area contributed by atoms with Gasteiger partial charge < -0.3 is 10.2 Å². The van der Waals surface area contributed by atoms with Crippen molar-refractivity contribution in [1.82, 2.24) is 15.2 Å². The van der Waals surface area contributed by atoms with Crippen molar-refractivity contribution in [3.8, 4) is 0 Å². The first-order valence-electron chi connectivity index (χ1n) is 6.60. The molecule has 0 aromatic carbocycles. The van der Waals surface area contributed by atoms with E-state index in [1.807, 2.05) is 24.9 Å². The number of hydrogen-bond donors (Lipinski definition) is 1. The molecule has 1 amide bonds. The molecule has 1 aromatic heterocycles. The van der Waals surface area contributed by atoms with E-state index in [0.717, 1.165) is 37.2 Å². The van der Waals surface area contributed by atoms with Gasteiger partial charge in [-0.15, -0.1) is 0 Å². The molecule has 1 fully saturated rings. The number of carbonyl (C=O) groups excluding carboxylic acids is 1. The van der Waals surface area contributed by atoms with Crippen LogP contribution in [-0.2, 0) is 0 Å². The zero-order valence-corrected chi connectivity index (χ0v) is 11.1. The molecule has 4 heteroatoms. The normalized spacial score (nSPS) is 19.9. The van der Waals surface area contributed by atoms with E-state index in [0.29, 0.717) is 6.04 Å². The Kier molecular flexibility index (Phi) is 4.31. The molecule has 0 aliphatic carbocycles. The minimum atomic E-state index is 0.139. The average Bonchev–Trinajstić information content (AvgIpc) is 2.39. The van der Waals surface area contributed by atoms with E-state index < -0.39 is 0 Å². The highest BCUT2D eigenvalue weighted by Gasteiger charge is 2.26. The lowest BCUT2D eigenvalue weighted by Crippen LogP contribution is -2.48. The Morgan fingerprint density at radius 2 is 2.39 bits per heavy atom. The highest BCUT2D eigenvalue weighted by molar-refractivity contribution is 5.94. The highest BCUT2D eigenvalue weighted by Crippen LogP contribution is 2.19. The Morgan fingerprint density at radius 1 is 1.56 bits per heavy atom. The van der Waals surface area contributed by atoms with Crippen LogP contribution in [0.4, 0.5) is 0 Å². The highest BCUT2D eigenvalue weighted by atomic mass is 16.2.